The Bertz CT molecular complexity index is 585. The normalized spacial score (nSPS) is 32.0. The van der Waals surface area contributed by atoms with Crippen LogP contribution in [0.5, 0.6) is 0 Å². The molecular weight excluding hydrogens is 352 g/mol. The molecule has 152 valence electrons. The summed E-state index contributed by atoms with van der Waals surface area (Å²) >= 11 is 0. The van der Waals surface area contributed by atoms with E-state index in [0.717, 1.165) is 25.7 Å². The van der Waals surface area contributed by atoms with Crippen LogP contribution in [-0.4, -0.2) is 49.9 Å². The molecule has 5 atom stereocenters. The van der Waals surface area contributed by atoms with Gasteiger partial charge >= 0.3 is 17.9 Å². The van der Waals surface area contributed by atoms with E-state index in [0.29, 0.717) is 12.3 Å². The van der Waals surface area contributed by atoms with E-state index in [2.05, 4.69) is 0 Å². The van der Waals surface area contributed by atoms with Crippen LogP contribution in [-0.2, 0) is 33.3 Å². The van der Waals surface area contributed by atoms with Crippen molar-refractivity contribution in [1.29, 1.82) is 0 Å². The molecule has 4 fully saturated rings. The fourth-order valence-corrected chi connectivity index (χ4v) is 4.34. The van der Waals surface area contributed by atoms with Crippen LogP contribution in [0.2, 0.25) is 0 Å². The van der Waals surface area contributed by atoms with E-state index >= 15 is 0 Å². The van der Waals surface area contributed by atoms with Crippen LogP contribution in [0.3, 0.4) is 0 Å². The third kappa shape index (κ3) is 4.62. The third-order valence-electron chi connectivity index (χ3n) is 6.25. The maximum atomic E-state index is 12.1. The van der Waals surface area contributed by atoms with E-state index in [9.17, 15) is 14.4 Å². The molecule has 0 aromatic heterocycles. The highest BCUT2D eigenvalue weighted by molar-refractivity contribution is 5.76. The minimum Gasteiger partial charge on any atom is -0.462 e. The van der Waals surface area contributed by atoms with Gasteiger partial charge in [-0.1, -0.05) is 6.92 Å². The van der Waals surface area contributed by atoms with Gasteiger partial charge in [-0.25, -0.2) is 4.79 Å². The summed E-state index contributed by atoms with van der Waals surface area (Å²) in [6.45, 7) is 5.40. The Morgan fingerprint density at radius 2 is 1.85 bits per heavy atom. The van der Waals surface area contributed by atoms with E-state index in [4.69, 9.17) is 18.9 Å². The first-order valence-corrected chi connectivity index (χ1v) is 9.95. The Morgan fingerprint density at radius 1 is 1.11 bits per heavy atom. The summed E-state index contributed by atoms with van der Waals surface area (Å²) in [6.07, 6.45) is 3.76. The number of esters is 3. The van der Waals surface area contributed by atoms with Gasteiger partial charge in [0.05, 0.1) is 17.4 Å². The van der Waals surface area contributed by atoms with Crippen LogP contribution in [0.15, 0.2) is 0 Å². The number of fused-ring (bicyclic) bond motifs is 1. The zero-order chi connectivity index (χ0) is 19.6. The Morgan fingerprint density at radius 3 is 2.59 bits per heavy atom. The molecule has 0 aromatic carbocycles. The van der Waals surface area contributed by atoms with Crippen molar-refractivity contribution in [2.45, 2.75) is 65.1 Å². The van der Waals surface area contributed by atoms with Crippen molar-refractivity contribution in [3.63, 3.8) is 0 Å². The molecule has 2 saturated carbocycles. The largest absolute Gasteiger partial charge is 0.462 e. The van der Waals surface area contributed by atoms with Gasteiger partial charge in [-0.05, 0) is 57.8 Å². The lowest BCUT2D eigenvalue weighted by molar-refractivity contribution is -0.169. The molecule has 2 saturated heterocycles. The molecular formula is C20H30O7. The molecule has 4 rings (SSSR count). The van der Waals surface area contributed by atoms with E-state index < -0.39 is 11.4 Å². The Labute approximate surface area is 160 Å². The predicted molar refractivity (Wildman–Crippen MR) is 94.5 cm³/mol. The molecule has 5 unspecified atom stereocenters. The molecule has 7 nitrogen and oxygen atoms in total. The van der Waals surface area contributed by atoms with Gasteiger partial charge in [0, 0.05) is 0 Å². The topological polar surface area (TPSA) is 88.1 Å². The molecule has 2 aliphatic heterocycles. The van der Waals surface area contributed by atoms with Gasteiger partial charge < -0.3 is 18.9 Å². The minimum atomic E-state index is -0.539. The molecule has 2 aliphatic carbocycles. The predicted octanol–water partition coefficient (Wildman–Crippen LogP) is 2.26. The van der Waals surface area contributed by atoms with Crippen molar-refractivity contribution < 1.29 is 33.3 Å². The first-order valence-electron chi connectivity index (χ1n) is 9.95. The maximum Gasteiger partial charge on any atom is 0.332 e. The first-order chi connectivity index (χ1) is 12.8. The van der Waals surface area contributed by atoms with Crippen molar-refractivity contribution >= 4 is 17.9 Å². The molecule has 7 heteroatoms. The average molecular weight is 382 g/mol. The van der Waals surface area contributed by atoms with Gasteiger partial charge in [-0.2, -0.15) is 0 Å². The average Bonchev–Trinajstić information content (AvgIpc) is 2.79. The quantitative estimate of drug-likeness (QED) is 0.361. The van der Waals surface area contributed by atoms with Crippen molar-refractivity contribution in [2.24, 2.45) is 23.2 Å². The molecule has 2 heterocycles. The summed E-state index contributed by atoms with van der Waals surface area (Å²) in [5, 5.41) is 0. The molecule has 0 radical (unpaired) electrons. The monoisotopic (exact) mass is 382 g/mol. The highest BCUT2D eigenvalue weighted by Crippen LogP contribution is 2.48. The van der Waals surface area contributed by atoms with Crippen LogP contribution in [0, 0.1) is 23.2 Å². The van der Waals surface area contributed by atoms with Crippen LogP contribution >= 0.6 is 0 Å². The Balaban J connectivity index is 1.38. The Kier molecular flexibility index (Phi) is 6.08. The summed E-state index contributed by atoms with van der Waals surface area (Å²) in [7, 11) is 0. The smallest absolute Gasteiger partial charge is 0.332 e. The summed E-state index contributed by atoms with van der Waals surface area (Å²) in [5.74, 6) is -0.134. The fourth-order valence-electron chi connectivity index (χ4n) is 4.34. The van der Waals surface area contributed by atoms with Gasteiger partial charge in [0.1, 0.15) is 25.9 Å². The summed E-state index contributed by atoms with van der Waals surface area (Å²) in [5.41, 5.74) is -0.539. The molecule has 0 spiro atoms. The number of carbonyl (C=O) groups excluding carboxylic acids is 3. The zero-order valence-electron chi connectivity index (χ0n) is 16.4. The summed E-state index contributed by atoms with van der Waals surface area (Å²) in [4.78, 5) is 35.8. The Hall–Kier alpha value is -1.63. The van der Waals surface area contributed by atoms with E-state index in [1.807, 2.05) is 20.8 Å². The molecule has 0 N–H and O–H groups in total. The third-order valence-corrected chi connectivity index (χ3v) is 6.25. The lowest BCUT2D eigenvalue weighted by Gasteiger charge is -2.41. The van der Waals surface area contributed by atoms with Gasteiger partial charge in [0.2, 0.25) is 0 Å². The number of hydrogen-bond acceptors (Lipinski definition) is 7. The van der Waals surface area contributed by atoms with Crippen molar-refractivity contribution in [3.8, 4) is 0 Å². The van der Waals surface area contributed by atoms with E-state index in [1.54, 1.807) is 0 Å². The second-order valence-corrected chi connectivity index (χ2v) is 8.61. The second kappa shape index (κ2) is 8.17. The number of rotatable bonds is 8. The van der Waals surface area contributed by atoms with Crippen molar-refractivity contribution in [3.05, 3.63) is 0 Å². The highest BCUT2D eigenvalue weighted by Gasteiger charge is 2.50. The van der Waals surface area contributed by atoms with Gasteiger partial charge in [0.15, 0.2) is 0 Å². The van der Waals surface area contributed by atoms with Crippen LogP contribution in [0.1, 0.15) is 52.9 Å². The molecule has 0 amide bonds. The summed E-state index contributed by atoms with van der Waals surface area (Å²) < 4.78 is 21.6. The summed E-state index contributed by atoms with van der Waals surface area (Å²) in [6, 6.07) is 0. The molecule has 27 heavy (non-hydrogen) atoms. The van der Waals surface area contributed by atoms with Gasteiger partial charge in [0.25, 0.3) is 0 Å². The van der Waals surface area contributed by atoms with E-state index in [1.165, 1.54) is 0 Å². The van der Waals surface area contributed by atoms with Crippen molar-refractivity contribution in [1.82, 2.24) is 0 Å². The van der Waals surface area contributed by atoms with Crippen LogP contribution in [0.25, 0.3) is 0 Å². The van der Waals surface area contributed by atoms with E-state index in [-0.39, 0.29) is 55.8 Å². The molecule has 4 aliphatic rings. The lowest BCUT2D eigenvalue weighted by Crippen LogP contribution is -2.45. The van der Waals surface area contributed by atoms with Gasteiger partial charge in [-0.3, -0.25) is 9.59 Å². The number of carbonyl (C=O) groups is 3. The maximum absolute atomic E-state index is 12.1. The lowest BCUT2D eigenvalue weighted by atomic mass is 9.67. The number of hydrogen-bond donors (Lipinski definition) is 0. The second-order valence-electron chi connectivity index (χ2n) is 8.61. The first kappa shape index (κ1) is 20.1. The van der Waals surface area contributed by atoms with Gasteiger partial charge in [-0.15, -0.1) is 0 Å². The fraction of sp³-hybridized carbons (Fsp3) is 0.850. The SMILES string of the molecule is CCC(C)(C)C(=O)OCCOC(=O)COC1C2CC3CC(C2)C(=O)OC1C3. The highest BCUT2D eigenvalue weighted by atomic mass is 16.6. The van der Waals surface area contributed by atoms with Crippen LogP contribution < -0.4 is 0 Å². The molecule has 4 bridgehead atoms. The van der Waals surface area contributed by atoms with Crippen molar-refractivity contribution in [2.75, 3.05) is 19.8 Å². The molecule has 0 aromatic rings. The standard InChI is InChI=1S/C20H30O7/c1-4-20(2,3)19(23)25-6-5-24-16(21)11-26-17-13-7-12-8-14(10-13)18(22)27-15(17)9-12/h12-15,17H,4-11H2,1-3H3. The minimum absolute atomic E-state index is 0.00435. The van der Waals surface area contributed by atoms with Crippen LogP contribution in [0.4, 0.5) is 0 Å². The number of ether oxygens (including phenoxy) is 4. The zero-order valence-corrected chi connectivity index (χ0v) is 16.4.